The number of aromatic amines is 1. The zero-order valence-electron chi connectivity index (χ0n) is 18.8. The molecule has 0 aliphatic carbocycles. The number of rotatable bonds is 7. The molecule has 170 valence electrons. The van der Waals surface area contributed by atoms with Crippen LogP contribution < -0.4 is 5.69 Å². The van der Waals surface area contributed by atoms with Gasteiger partial charge in [0.15, 0.2) is 0 Å². The van der Waals surface area contributed by atoms with E-state index in [2.05, 4.69) is 70.5 Å². The van der Waals surface area contributed by atoms with E-state index in [-0.39, 0.29) is 11.7 Å². The molecule has 1 saturated heterocycles. The highest BCUT2D eigenvalue weighted by Gasteiger charge is 2.24. The van der Waals surface area contributed by atoms with Crippen molar-refractivity contribution in [2.45, 2.75) is 37.6 Å². The Hall–Kier alpha value is -2.82. The van der Waals surface area contributed by atoms with E-state index in [1.54, 1.807) is 0 Å². The molecule has 1 fully saturated rings. The van der Waals surface area contributed by atoms with Crippen molar-refractivity contribution in [2.24, 2.45) is 0 Å². The van der Waals surface area contributed by atoms with Gasteiger partial charge in [-0.1, -0.05) is 72.3 Å². The number of aromatic nitrogens is 2. The summed E-state index contributed by atoms with van der Waals surface area (Å²) < 4.78 is 1.93. The lowest BCUT2D eigenvalue weighted by atomic mass is 9.87. The van der Waals surface area contributed by atoms with Gasteiger partial charge >= 0.3 is 5.69 Å². The summed E-state index contributed by atoms with van der Waals surface area (Å²) in [4.78, 5) is 18.1. The number of nitrogens with one attached hydrogen (secondary N) is 1. The molecule has 4 aromatic rings. The number of hydrogen-bond acceptors (Lipinski definition) is 2. The summed E-state index contributed by atoms with van der Waals surface area (Å²) in [5.41, 5.74) is 4.53. The van der Waals surface area contributed by atoms with Gasteiger partial charge in [-0.25, -0.2) is 4.79 Å². The molecule has 0 spiro atoms. The second kappa shape index (κ2) is 9.98. The number of benzene rings is 3. The lowest BCUT2D eigenvalue weighted by Gasteiger charge is -2.33. The predicted octanol–water partition coefficient (Wildman–Crippen LogP) is 6.23. The molecule has 0 unspecified atom stereocenters. The van der Waals surface area contributed by atoms with Crippen LogP contribution in [0.5, 0.6) is 0 Å². The molecule has 0 bridgehead atoms. The van der Waals surface area contributed by atoms with Gasteiger partial charge in [0.25, 0.3) is 0 Å². The topological polar surface area (TPSA) is 41.0 Å². The Morgan fingerprint density at radius 1 is 0.909 bits per heavy atom. The number of halogens is 1. The highest BCUT2D eigenvalue weighted by atomic mass is 35.5. The third kappa shape index (κ3) is 4.92. The molecule has 3 aromatic carbocycles. The van der Waals surface area contributed by atoms with Crippen LogP contribution in [0.3, 0.4) is 0 Å². The number of nitrogens with zero attached hydrogens (tertiary/aromatic N) is 2. The minimum atomic E-state index is -0.0284. The molecule has 33 heavy (non-hydrogen) atoms. The first-order valence-corrected chi connectivity index (χ1v) is 12.3. The van der Waals surface area contributed by atoms with Gasteiger partial charge in [-0.15, -0.1) is 0 Å². The number of fused-ring (bicyclic) bond motifs is 1. The van der Waals surface area contributed by atoms with E-state index in [0.717, 1.165) is 56.4 Å². The Morgan fingerprint density at radius 3 is 2.18 bits per heavy atom. The van der Waals surface area contributed by atoms with Crippen LogP contribution in [0.1, 0.15) is 48.8 Å². The summed E-state index contributed by atoms with van der Waals surface area (Å²) in [5.74, 6) is 0.432. The average Bonchev–Trinajstić information content (AvgIpc) is 3.18. The molecule has 1 aromatic heterocycles. The lowest BCUT2D eigenvalue weighted by Crippen LogP contribution is -2.37. The van der Waals surface area contributed by atoms with Crippen LogP contribution in [0, 0.1) is 0 Å². The first kappa shape index (κ1) is 22.0. The maximum absolute atomic E-state index is 12.6. The molecule has 5 heteroatoms. The molecule has 0 amide bonds. The van der Waals surface area contributed by atoms with Crippen molar-refractivity contribution in [3.05, 3.63) is 105 Å². The molecular weight excluding hydrogens is 430 g/mol. The minimum Gasteiger partial charge on any atom is -0.305 e. The van der Waals surface area contributed by atoms with Crippen LogP contribution in [0.4, 0.5) is 0 Å². The second-order valence-electron chi connectivity index (χ2n) is 9.05. The molecule has 5 rings (SSSR count). The number of likely N-dealkylation sites (tertiary alicyclic amines) is 1. The van der Waals surface area contributed by atoms with Gasteiger partial charge in [0.05, 0.1) is 11.0 Å². The van der Waals surface area contributed by atoms with E-state index < -0.39 is 0 Å². The first-order chi connectivity index (χ1) is 16.2. The molecule has 0 saturated carbocycles. The number of H-pyrrole nitrogens is 1. The average molecular weight is 460 g/mol. The third-order valence-corrected chi connectivity index (χ3v) is 7.21. The van der Waals surface area contributed by atoms with Crippen LogP contribution in [-0.2, 0) is 0 Å². The summed E-state index contributed by atoms with van der Waals surface area (Å²) >= 11 is 6.10. The summed E-state index contributed by atoms with van der Waals surface area (Å²) in [6.45, 7) is 3.15. The van der Waals surface area contributed by atoms with Crippen molar-refractivity contribution in [3.8, 4) is 0 Å². The highest BCUT2D eigenvalue weighted by molar-refractivity contribution is 6.31. The number of imidazole rings is 1. The van der Waals surface area contributed by atoms with Crippen LogP contribution in [0.2, 0.25) is 5.02 Å². The Labute approximate surface area is 199 Å². The normalized spacial score (nSPS) is 15.5. The van der Waals surface area contributed by atoms with E-state index in [1.165, 1.54) is 11.1 Å². The first-order valence-electron chi connectivity index (χ1n) is 11.9. The van der Waals surface area contributed by atoms with Gasteiger partial charge in [0, 0.05) is 30.1 Å². The van der Waals surface area contributed by atoms with E-state index in [9.17, 15) is 4.79 Å². The quantitative estimate of drug-likeness (QED) is 0.355. The second-order valence-corrected chi connectivity index (χ2v) is 9.49. The molecule has 1 aliphatic rings. The molecule has 0 radical (unpaired) electrons. The Morgan fingerprint density at radius 2 is 1.55 bits per heavy atom. The number of hydrogen-bond donors (Lipinski definition) is 1. The molecule has 1 aliphatic heterocycles. The Balaban J connectivity index is 1.20. The van der Waals surface area contributed by atoms with Crippen molar-refractivity contribution in [3.63, 3.8) is 0 Å². The summed E-state index contributed by atoms with van der Waals surface area (Å²) in [7, 11) is 0. The molecule has 0 atom stereocenters. The van der Waals surface area contributed by atoms with E-state index >= 15 is 0 Å². The standard InChI is InChI=1S/C28H30ClN3O/c29-23-13-14-27-26(20-23)30-28(33)32(27)24-15-18-31(19-16-24)17-7-12-25(21-8-3-1-4-9-21)22-10-5-2-6-11-22/h1-6,8-11,13-14,20,24-25H,7,12,15-19H2,(H,30,33). The predicted molar refractivity (Wildman–Crippen MR) is 136 cm³/mol. The van der Waals surface area contributed by atoms with Gasteiger partial charge in [-0.05, 0) is 61.6 Å². The Kier molecular flexibility index (Phi) is 6.65. The van der Waals surface area contributed by atoms with Crippen LogP contribution in [0.15, 0.2) is 83.7 Å². The van der Waals surface area contributed by atoms with Crippen molar-refractivity contribution in [1.82, 2.24) is 14.5 Å². The van der Waals surface area contributed by atoms with Crippen LogP contribution >= 0.6 is 11.6 Å². The Bertz CT molecular complexity index is 1200. The van der Waals surface area contributed by atoms with Gasteiger partial charge in [-0.2, -0.15) is 0 Å². The zero-order valence-corrected chi connectivity index (χ0v) is 19.5. The summed E-state index contributed by atoms with van der Waals surface area (Å²) in [5, 5.41) is 0.648. The van der Waals surface area contributed by atoms with Crippen molar-refractivity contribution >= 4 is 22.6 Å². The molecule has 4 nitrogen and oxygen atoms in total. The SMILES string of the molecule is O=c1[nH]c2cc(Cl)ccc2n1C1CCN(CCCC(c2ccccc2)c2ccccc2)CC1. The maximum Gasteiger partial charge on any atom is 0.326 e. The maximum atomic E-state index is 12.6. The zero-order chi connectivity index (χ0) is 22.6. The largest absolute Gasteiger partial charge is 0.326 e. The third-order valence-electron chi connectivity index (χ3n) is 6.97. The fourth-order valence-electron chi connectivity index (χ4n) is 5.28. The van der Waals surface area contributed by atoms with Gasteiger partial charge in [0.1, 0.15) is 0 Å². The van der Waals surface area contributed by atoms with E-state index in [0.29, 0.717) is 10.9 Å². The van der Waals surface area contributed by atoms with Crippen molar-refractivity contribution in [1.29, 1.82) is 0 Å². The number of piperidine rings is 1. The van der Waals surface area contributed by atoms with Gasteiger partial charge in [0.2, 0.25) is 0 Å². The van der Waals surface area contributed by atoms with Gasteiger partial charge < -0.3 is 9.88 Å². The lowest BCUT2D eigenvalue weighted by molar-refractivity contribution is 0.183. The summed E-state index contributed by atoms with van der Waals surface area (Å²) in [6.07, 6.45) is 4.29. The summed E-state index contributed by atoms with van der Waals surface area (Å²) in [6, 6.07) is 27.6. The van der Waals surface area contributed by atoms with Crippen LogP contribution in [0.25, 0.3) is 11.0 Å². The van der Waals surface area contributed by atoms with Crippen molar-refractivity contribution < 1.29 is 0 Å². The molecular formula is C28H30ClN3O. The molecule has 2 heterocycles. The smallest absolute Gasteiger partial charge is 0.305 e. The van der Waals surface area contributed by atoms with E-state index in [4.69, 9.17) is 11.6 Å². The van der Waals surface area contributed by atoms with Crippen LogP contribution in [-0.4, -0.2) is 34.1 Å². The highest BCUT2D eigenvalue weighted by Crippen LogP contribution is 2.30. The van der Waals surface area contributed by atoms with Crippen molar-refractivity contribution in [2.75, 3.05) is 19.6 Å². The fraction of sp³-hybridized carbons (Fsp3) is 0.321. The molecule has 1 N–H and O–H groups in total. The van der Waals surface area contributed by atoms with Gasteiger partial charge in [-0.3, -0.25) is 4.57 Å². The minimum absolute atomic E-state index is 0.0284. The monoisotopic (exact) mass is 459 g/mol. The van der Waals surface area contributed by atoms with E-state index in [1.807, 2.05) is 22.8 Å². The fourth-order valence-corrected chi connectivity index (χ4v) is 5.45.